The van der Waals surface area contributed by atoms with Crippen LogP contribution in [0, 0.1) is 0 Å². The lowest BCUT2D eigenvalue weighted by Gasteiger charge is -2.01. The second kappa shape index (κ2) is 2.79. The van der Waals surface area contributed by atoms with Crippen LogP contribution in [0.1, 0.15) is 18.7 Å². The van der Waals surface area contributed by atoms with Gasteiger partial charge in [-0.2, -0.15) is 0 Å². The molecule has 4 nitrogen and oxygen atoms in total. The fraction of sp³-hybridized carbons (Fsp3) is 0.625. The molecular formula is C8H14N4. The minimum Gasteiger partial charge on any atom is -0.382 e. The molecule has 0 radical (unpaired) electrons. The third kappa shape index (κ3) is 1.58. The van der Waals surface area contributed by atoms with Gasteiger partial charge in [-0.3, -0.25) is 0 Å². The maximum atomic E-state index is 5.54. The summed E-state index contributed by atoms with van der Waals surface area (Å²) in [5.74, 6) is 1.62. The lowest BCUT2D eigenvalue weighted by molar-refractivity contribution is 0.635. The highest BCUT2D eigenvalue weighted by Crippen LogP contribution is 2.19. The molecule has 0 bridgehead atoms. The fourth-order valence-electron chi connectivity index (χ4n) is 1.22. The molecule has 0 atom stereocenters. The first kappa shape index (κ1) is 7.61. The van der Waals surface area contributed by atoms with Gasteiger partial charge in [0.15, 0.2) is 0 Å². The first-order valence-electron chi connectivity index (χ1n) is 4.27. The molecule has 1 aliphatic rings. The van der Waals surface area contributed by atoms with Crippen molar-refractivity contribution in [1.29, 1.82) is 0 Å². The van der Waals surface area contributed by atoms with Crippen LogP contribution in [-0.2, 0) is 13.6 Å². The van der Waals surface area contributed by atoms with Gasteiger partial charge in [-0.1, -0.05) is 0 Å². The highest BCUT2D eigenvalue weighted by Gasteiger charge is 2.20. The molecule has 1 aliphatic carbocycles. The summed E-state index contributed by atoms with van der Waals surface area (Å²) in [5.41, 5.74) is 5.54. The normalized spacial score (nSPS) is 16.8. The monoisotopic (exact) mass is 166 g/mol. The summed E-state index contributed by atoms with van der Waals surface area (Å²) in [6.45, 7) is 0.832. The Morgan fingerprint density at radius 1 is 1.75 bits per heavy atom. The summed E-state index contributed by atoms with van der Waals surface area (Å²) in [7, 11) is 1.97. The van der Waals surface area contributed by atoms with Gasteiger partial charge < -0.3 is 15.6 Å². The molecule has 0 spiro atoms. The number of aromatic nitrogens is 2. The number of anilines is 1. The molecule has 1 aromatic heterocycles. The Bertz CT molecular complexity index is 275. The number of imidazole rings is 1. The Labute approximate surface area is 71.8 Å². The Kier molecular flexibility index (Phi) is 1.77. The van der Waals surface area contributed by atoms with Crippen molar-refractivity contribution < 1.29 is 0 Å². The van der Waals surface area contributed by atoms with Crippen molar-refractivity contribution in [3.8, 4) is 0 Å². The van der Waals surface area contributed by atoms with Gasteiger partial charge in [-0.15, -0.1) is 0 Å². The fourth-order valence-corrected chi connectivity index (χ4v) is 1.22. The number of hydrogen-bond donors (Lipinski definition) is 2. The Balaban J connectivity index is 1.96. The highest BCUT2D eigenvalue weighted by molar-refractivity contribution is 5.25. The van der Waals surface area contributed by atoms with Crippen LogP contribution in [0.4, 0.5) is 5.82 Å². The predicted molar refractivity (Wildman–Crippen MR) is 47.5 cm³/mol. The van der Waals surface area contributed by atoms with E-state index in [1.165, 1.54) is 12.8 Å². The van der Waals surface area contributed by atoms with Crippen molar-refractivity contribution in [3.05, 3.63) is 12.0 Å². The van der Waals surface area contributed by atoms with Crippen molar-refractivity contribution in [3.63, 3.8) is 0 Å². The smallest absolute Gasteiger partial charge is 0.141 e. The maximum absolute atomic E-state index is 5.54. The average Bonchev–Trinajstić information content (AvgIpc) is 2.76. The minimum absolute atomic E-state index is 0.602. The number of rotatable bonds is 3. The molecule has 0 aliphatic heterocycles. The van der Waals surface area contributed by atoms with E-state index in [9.17, 15) is 0 Å². The molecule has 1 saturated carbocycles. The molecule has 2 rings (SSSR count). The van der Waals surface area contributed by atoms with Gasteiger partial charge in [-0.25, -0.2) is 4.98 Å². The van der Waals surface area contributed by atoms with E-state index >= 15 is 0 Å². The molecule has 0 aromatic carbocycles. The van der Waals surface area contributed by atoms with Crippen molar-refractivity contribution in [1.82, 2.24) is 14.9 Å². The first-order chi connectivity index (χ1) is 5.75. The van der Waals surface area contributed by atoms with E-state index in [0.717, 1.165) is 18.4 Å². The van der Waals surface area contributed by atoms with Crippen LogP contribution in [0.25, 0.3) is 0 Å². The quantitative estimate of drug-likeness (QED) is 0.677. The number of nitrogens with one attached hydrogen (secondary N) is 1. The molecule has 0 amide bonds. The molecule has 1 fully saturated rings. The Hall–Kier alpha value is -1.03. The van der Waals surface area contributed by atoms with E-state index < -0.39 is 0 Å². The number of nitrogens with two attached hydrogens (primary N) is 1. The zero-order chi connectivity index (χ0) is 8.55. The molecule has 0 unspecified atom stereocenters. The van der Waals surface area contributed by atoms with Gasteiger partial charge in [-0.05, 0) is 12.8 Å². The van der Waals surface area contributed by atoms with Gasteiger partial charge in [0.05, 0.1) is 6.54 Å². The van der Waals surface area contributed by atoms with E-state index in [1.807, 2.05) is 17.8 Å². The summed E-state index contributed by atoms with van der Waals surface area (Å²) in [5, 5.41) is 3.39. The van der Waals surface area contributed by atoms with Crippen LogP contribution < -0.4 is 11.1 Å². The Morgan fingerprint density at radius 3 is 3.00 bits per heavy atom. The van der Waals surface area contributed by atoms with Gasteiger partial charge in [0.1, 0.15) is 11.6 Å². The molecule has 66 valence electrons. The third-order valence-corrected chi connectivity index (χ3v) is 2.12. The summed E-state index contributed by atoms with van der Waals surface area (Å²) in [6.07, 6.45) is 4.45. The van der Waals surface area contributed by atoms with E-state index in [0.29, 0.717) is 5.82 Å². The second-order valence-electron chi connectivity index (χ2n) is 3.35. The van der Waals surface area contributed by atoms with Crippen molar-refractivity contribution in [2.24, 2.45) is 7.05 Å². The summed E-state index contributed by atoms with van der Waals surface area (Å²) < 4.78 is 1.96. The molecule has 12 heavy (non-hydrogen) atoms. The summed E-state index contributed by atoms with van der Waals surface area (Å²) in [4.78, 5) is 4.19. The molecule has 0 saturated heterocycles. The van der Waals surface area contributed by atoms with Gasteiger partial charge in [0.25, 0.3) is 0 Å². The number of hydrogen-bond acceptors (Lipinski definition) is 3. The molecule has 3 N–H and O–H groups in total. The Morgan fingerprint density at radius 2 is 2.50 bits per heavy atom. The largest absolute Gasteiger partial charge is 0.382 e. The molecule has 4 heteroatoms. The zero-order valence-electron chi connectivity index (χ0n) is 7.25. The SMILES string of the molecule is Cn1cc(N)nc1CNC1CC1. The van der Waals surface area contributed by atoms with Crippen molar-refractivity contribution in [2.45, 2.75) is 25.4 Å². The van der Waals surface area contributed by atoms with Gasteiger partial charge in [0.2, 0.25) is 0 Å². The molecular weight excluding hydrogens is 152 g/mol. The standard InChI is InChI=1S/C8H14N4/c1-12-5-7(9)11-8(12)4-10-6-2-3-6/h5-6,10H,2-4,9H2,1H3. The number of nitrogens with zero attached hydrogens (tertiary/aromatic N) is 2. The number of aryl methyl sites for hydroxylation is 1. The highest BCUT2D eigenvalue weighted by atomic mass is 15.1. The van der Waals surface area contributed by atoms with Crippen LogP contribution in [0.5, 0.6) is 0 Å². The van der Waals surface area contributed by atoms with Crippen LogP contribution in [-0.4, -0.2) is 15.6 Å². The average molecular weight is 166 g/mol. The minimum atomic E-state index is 0.602. The van der Waals surface area contributed by atoms with Gasteiger partial charge >= 0.3 is 0 Å². The maximum Gasteiger partial charge on any atom is 0.141 e. The number of nitrogen functional groups attached to an aromatic ring is 1. The van der Waals surface area contributed by atoms with E-state index in [4.69, 9.17) is 5.73 Å². The topological polar surface area (TPSA) is 55.9 Å². The predicted octanol–water partition coefficient (Wildman–Crippen LogP) is 0.254. The van der Waals surface area contributed by atoms with Crippen LogP contribution in [0.15, 0.2) is 6.20 Å². The molecule has 1 aromatic rings. The third-order valence-electron chi connectivity index (χ3n) is 2.12. The van der Waals surface area contributed by atoms with E-state index in [2.05, 4.69) is 10.3 Å². The zero-order valence-corrected chi connectivity index (χ0v) is 7.25. The van der Waals surface area contributed by atoms with Crippen LogP contribution >= 0.6 is 0 Å². The van der Waals surface area contributed by atoms with Crippen LogP contribution in [0.2, 0.25) is 0 Å². The summed E-state index contributed by atoms with van der Waals surface area (Å²) in [6, 6.07) is 0.725. The van der Waals surface area contributed by atoms with Crippen molar-refractivity contribution >= 4 is 5.82 Å². The van der Waals surface area contributed by atoms with Gasteiger partial charge in [0, 0.05) is 19.3 Å². The van der Waals surface area contributed by atoms with E-state index in [1.54, 1.807) is 0 Å². The van der Waals surface area contributed by atoms with Crippen molar-refractivity contribution in [2.75, 3.05) is 5.73 Å². The first-order valence-corrected chi connectivity index (χ1v) is 4.27. The van der Waals surface area contributed by atoms with Crippen LogP contribution in [0.3, 0.4) is 0 Å². The second-order valence-corrected chi connectivity index (χ2v) is 3.35. The lowest BCUT2D eigenvalue weighted by atomic mass is 10.5. The summed E-state index contributed by atoms with van der Waals surface area (Å²) >= 11 is 0. The lowest BCUT2D eigenvalue weighted by Crippen LogP contribution is -2.17. The molecule has 1 heterocycles. The van der Waals surface area contributed by atoms with E-state index in [-0.39, 0.29) is 0 Å².